The molecule has 0 aromatic heterocycles. The molecule has 1 heterocycles. The van der Waals surface area contributed by atoms with Crippen LogP contribution in [0.1, 0.15) is 36.5 Å². The van der Waals surface area contributed by atoms with Crippen LogP contribution in [0.5, 0.6) is 0 Å². The zero-order valence-electron chi connectivity index (χ0n) is 11.8. The second-order valence-corrected chi connectivity index (χ2v) is 5.20. The van der Waals surface area contributed by atoms with E-state index in [1.54, 1.807) is 18.2 Å². The fourth-order valence-electron chi connectivity index (χ4n) is 2.59. The third-order valence-electron chi connectivity index (χ3n) is 3.75. The molecule has 1 unspecified atom stereocenters. The number of rotatable bonds is 4. The van der Waals surface area contributed by atoms with Gasteiger partial charge in [-0.05, 0) is 38.3 Å². The van der Waals surface area contributed by atoms with Crippen molar-refractivity contribution >= 4 is 17.5 Å². The maximum absolute atomic E-state index is 12.2. The van der Waals surface area contributed by atoms with Crippen molar-refractivity contribution in [3.63, 3.8) is 0 Å². The fraction of sp³-hybridized carbons (Fsp3) is 0.467. The van der Waals surface area contributed by atoms with Crippen LogP contribution in [-0.4, -0.2) is 35.8 Å². The van der Waals surface area contributed by atoms with Crippen LogP contribution < -0.4 is 11.1 Å². The summed E-state index contributed by atoms with van der Waals surface area (Å²) < 4.78 is 0. The zero-order chi connectivity index (χ0) is 14.5. The molecule has 1 aliphatic rings. The van der Waals surface area contributed by atoms with Gasteiger partial charge in [0.25, 0.3) is 5.91 Å². The van der Waals surface area contributed by atoms with Crippen LogP contribution in [0, 0.1) is 0 Å². The van der Waals surface area contributed by atoms with Crippen molar-refractivity contribution in [1.29, 1.82) is 0 Å². The molecule has 0 radical (unpaired) electrons. The third-order valence-corrected chi connectivity index (χ3v) is 3.75. The predicted octanol–water partition coefficient (Wildman–Crippen LogP) is 1.60. The van der Waals surface area contributed by atoms with E-state index < -0.39 is 5.91 Å². The molecule has 1 atom stereocenters. The van der Waals surface area contributed by atoms with Gasteiger partial charge in [0.2, 0.25) is 5.91 Å². The minimum atomic E-state index is -0.494. The van der Waals surface area contributed by atoms with Crippen LogP contribution in [0.4, 0.5) is 5.69 Å². The molecule has 5 heteroatoms. The number of amides is 2. The first kappa shape index (κ1) is 14.4. The zero-order valence-corrected chi connectivity index (χ0v) is 11.8. The van der Waals surface area contributed by atoms with Gasteiger partial charge >= 0.3 is 0 Å². The molecule has 1 aromatic carbocycles. The summed E-state index contributed by atoms with van der Waals surface area (Å²) in [7, 11) is 0. The van der Waals surface area contributed by atoms with E-state index in [0.717, 1.165) is 19.4 Å². The van der Waals surface area contributed by atoms with E-state index in [0.29, 0.717) is 17.3 Å². The number of likely N-dealkylation sites (tertiary alicyclic amines) is 1. The van der Waals surface area contributed by atoms with E-state index in [4.69, 9.17) is 5.73 Å². The van der Waals surface area contributed by atoms with Crippen LogP contribution >= 0.6 is 0 Å². The topological polar surface area (TPSA) is 75.4 Å². The molecule has 1 aromatic rings. The van der Waals surface area contributed by atoms with E-state index >= 15 is 0 Å². The highest BCUT2D eigenvalue weighted by atomic mass is 16.2. The summed E-state index contributed by atoms with van der Waals surface area (Å²) in [6, 6.07) is 7.26. The number of carbonyl (C=O) groups is 2. The summed E-state index contributed by atoms with van der Waals surface area (Å²) in [5, 5.41) is 3.02. The normalized spacial score (nSPS) is 18.6. The van der Waals surface area contributed by atoms with Gasteiger partial charge in [-0.2, -0.15) is 0 Å². The molecule has 108 valence electrons. The quantitative estimate of drug-likeness (QED) is 0.876. The minimum absolute atomic E-state index is 0.0662. The second kappa shape index (κ2) is 6.41. The summed E-state index contributed by atoms with van der Waals surface area (Å²) in [6.45, 7) is 3.09. The second-order valence-electron chi connectivity index (χ2n) is 5.20. The molecule has 2 amide bonds. The molecule has 0 spiro atoms. The SMILES string of the molecule is CC1CCCCN1C(=O)CNc1ccccc1C(N)=O. The van der Waals surface area contributed by atoms with Gasteiger partial charge in [0.15, 0.2) is 0 Å². The molecule has 0 aliphatic carbocycles. The molecule has 2 rings (SSSR count). The number of para-hydroxylation sites is 1. The van der Waals surface area contributed by atoms with Gasteiger partial charge in [-0.1, -0.05) is 12.1 Å². The number of nitrogens with zero attached hydrogens (tertiary/aromatic N) is 1. The Balaban J connectivity index is 1.98. The van der Waals surface area contributed by atoms with E-state index in [2.05, 4.69) is 12.2 Å². The lowest BCUT2D eigenvalue weighted by Crippen LogP contribution is -2.44. The van der Waals surface area contributed by atoms with Gasteiger partial charge in [0.05, 0.1) is 12.1 Å². The molecule has 5 nitrogen and oxygen atoms in total. The first-order valence-electron chi connectivity index (χ1n) is 7.02. The molecule has 1 fully saturated rings. The molecular weight excluding hydrogens is 254 g/mol. The number of hydrogen-bond donors (Lipinski definition) is 2. The summed E-state index contributed by atoms with van der Waals surface area (Å²) in [4.78, 5) is 25.4. The van der Waals surface area contributed by atoms with Gasteiger partial charge in [0, 0.05) is 18.3 Å². The summed E-state index contributed by atoms with van der Waals surface area (Å²) in [5.41, 5.74) is 6.33. The van der Waals surface area contributed by atoms with Crippen molar-refractivity contribution in [2.75, 3.05) is 18.4 Å². The fourth-order valence-corrected chi connectivity index (χ4v) is 2.59. The van der Waals surface area contributed by atoms with Crippen LogP contribution in [-0.2, 0) is 4.79 Å². The first-order chi connectivity index (χ1) is 9.59. The van der Waals surface area contributed by atoms with Crippen molar-refractivity contribution in [3.8, 4) is 0 Å². The lowest BCUT2D eigenvalue weighted by atomic mass is 10.0. The van der Waals surface area contributed by atoms with E-state index in [-0.39, 0.29) is 12.5 Å². The van der Waals surface area contributed by atoms with Gasteiger partial charge in [-0.3, -0.25) is 9.59 Å². The largest absolute Gasteiger partial charge is 0.376 e. The Morgan fingerprint density at radius 1 is 1.35 bits per heavy atom. The molecule has 3 N–H and O–H groups in total. The van der Waals surface area contributed by atoms with E-state index in [1.165, 1.54) is 6.42 Å². The van der Waals surface area contributed by atoms with Gasteiger partial charge in [-0.25, -0.2) is 0 Å². The number of carbonyl (C=O) groups excluding carboxylic acids is 2. The average molecular weight is 275 g/mol. The maximum atomic E-state index is 12.2. The van der Waals surface area contributed by atoms with Gasteiger partial charge in [0.1, 0.15) is 0 Å². The predicted molar refractivity (Wildman–Crippen MR) is 78.5 cm³/mol. The van der Waals surface area contributed by atoms with Crippen LogP contribution in [0.3, 0.4) is 0 Å². The van der Waals surface area contributed by atoms with Crippen molar-refractivity contribution < 1.29 is 9.59 Å². The third kappa shape index (κ3) is 3.29. The first-order valence-corrected chi connectivity index (χ1v) is 7.02. The Hall–Kier alpha value is -2.04. The summed E-state index contributed by atoms with van der Waals surface area (Å²) >= 11 is 0. The van der Waals surface area contributed by atoms with Gasteiger partial charge < -0.3 is 16.0 Å². The van der Waals surface area contributed by atoms with Crippen molar-refractivity contribution in [3.05, 3.63) is 29.8 Å². The van der Waals surface area contributed by atoms with Crippen molar-refractivity contribution in [2.45, 2.75) is 32.2 Å². The highest BCUT2D eigenvalue weighted by molar-refractivity contribution is 5.99. The molecule has 0 saturated carbocycles. The number of nitrogens with two attached hydrogens (primary N) is 1. The number of nitrogens with one attached hydrogen (secondary N) is 1. The molecule has 1 saturated heterocycles. The van der Waals surface area contributed by atoms with Crippen LogP contribution in [0.15, 0.2) is 24.3 Å². The standard InChI is InChI=1S/C15H21N3O2/c1-11-6-4-5-9-18(11)14(19)10-17-13-8-3-2-7-12(13)15(16)20/h2-3,7-8,11,17H,4-6,9-10H2,1H3,(H2,16,20). The Morgan fingerprint density at radius 3 is 2.80 bits per heavy atom. The van der Waals surface area contributed by atoms with Gasteiger partial charge in [-0.15, -0.1) is 0 Å². The molecular formula is C15H21N3O2. The summed E-state index contributed by atoms with van der Waals surface area (Å²) in [6.07, 6.45) is 3.31. The number of piperidine rings is 1. The molecule has 20 heavy (non-hydrogen) atoms. The van der Waals surface area contributed by atoms with E-state index in [1.807, 2.05) is 11.0 Å². The number of benzene rings is 1. The van der Waals surface area contributed by atoms with E-state index in [9.17, 15) is 9.59 Å². The van der Waals surface area contributed by atoms with Crippen LogP contribution in [0.2, 0.25) is 0 Å². The monoisotopic (exact) mass is 275 g/mol. The maximum Gasteiger partial charge on any atom is 0.250 e. The Bertz CT molecular complexity index is 502. The lowest BCUT2D eigenvalue weighted by molar-refractivity contribution is -0.132. The Labute approximate surface area is 119 Å². The highest BCUT2D eigenvalue weighted by Crippen LogP contribution is 2.17. The number of hydrogen-bond acceptors (Lipinski definition) is 3. The highest BCUT2D eigenvalue weighted by Gasteiger charge is 2.22. The van der Waals surface area contributed by atoms with Crippen molar-refractivity contribution in [2.24, 2.45) is 5.73 Å². The smallest absolute Gasteiger partial charge is 0.250 e. The average Bonchev–Trinajstić information content (AvgIpc) is 2.45. The Morgan fingerprint density at radius 2 is 2.10 bits per heavy atom. The Kier molecular flexibility index (Phi) is 4.61. The number of primary amides is 1. The van der Waals surface area contributed by atoms with Crippen LogP contribution in [0.25, 0.3) is 0 Å². The minimum Gasteiger partial charge on any atom is -0.376 e. The van der Waals surface area contributed by atoms with Crippen molar-refractivity contribution in [1.82, 2.24) is 4.90 Å². The molecule has 0 bridgehead atoms. The lowest BCUT2D eigenvalue weighted by Gasteiger charge is -2.33. The molecule has 1 aliphatic heterocycles. The number of anilines is 1. The summed E-state index contributed by atoms with van der Waals surface area (Å²) in [5.74, 6) is -0.427.